The molecule has 0 fully saturated rings. The van der Waals surface area contributed by atoms with Crippen molar-refractivity contribution < 1.29 is 14.6 Å². The molecule has 0 saturated heterocycles. The average Bonchev–Trinajstić information content (AvgIpc) is 2.80. The van der Waals surface area contributed by atoms with E-state index in [1.807, 2.05) is 30.3 Å². The molecule has 0 saturated carbocycles. The van der Waals surface area contributed by atoms with Crippen molar-refractivity contribution in [1.82, 2.24) is 0 Å². The van der Waals surface area contributed by atoms with Gasteiger partial charge in [0.15, 0.2) is 4.88 Å². The molecule has 0 amide bonds. The first-order valence-electron chi connectivity index (χ1n) is 6.52. The second-order valence-corrected chi connectivity index (χ2v) is 7.75. The van der Waals surface area contributed by atoms with Crippen LogP contribution >= 0.6 is 27.3 Å². The van der Waals surface area contributed by atoms with Gasteiger partial charge in [0.1, 0.15) is 12.4 Å². The zero-order valence-electron chi connectivity index (χ0n) is 12.1. The Balaban J connectivity index is 2.23. The zero-order chi connectivity index (χ0) is 15.6. The number of halogens is 1. The SMILES string of the molecule is CC(C)(C)c1cc(OCc2cccc(Br)c2)c(C(=O)O)s1. The van der Waals surface area contributed by atoms with Gasteiger partial charge in [0.25, 0.3) is 0 Å². The van der Waals surface area contributed by atoms with Crippen molar-refractivity contribution in [3.63, 3.8) is 0 Å². The Hall–Kier alpha value is -1.33. The minimum atomic E-state index is -0.945. The van der Waals surface area contributed by atoms with E-state index >= 15 is 0 Å². The van der Waals surface area contributed by atoms with Gasteiger partial charge in [-0.05, 0) is 29.2 Å². The van der Waals surface area contributed by atoms with Gasteiger partial charge in [-0.2, -0.15) is 0 Å². The van der Waals surface area contributed by atoms with E-state index in [0.29, 0.717) is 12.4 Å². The van der Waals surface area contributed by atoms with Gasteiger partial charge in [-0.15, -0.1) is 11.3 Å². The molecule has 1 aromatic carbocycles. The molecule has 0 atom stereocenters. The van der Waals surface area contributed by atoms with Gasteiger partial charge in [-0.1, -0.05) is 48.8 Å². The van der Waals surface area contributed by atoms with E-state index in [9.17, 15) is 9.90 Å². The van der Waals surface area contributed by atoms with Gasteiger partial charge in [0, 0.05) is 9.35 Å². The van der Waals surface area contributed by atoms with Crippen LogP contribution in [0.3, 0.4) is 0 Å². The molecular formula is C16H17BrO3S. The van der Waals surface area contributed by atoms with Crippen LogP contribution in [0.4, 0.5) is 0 Å². The third-order valence-corrected chi connectivity index (χ3v) is 4.94. The molecule has 0 aliphatic rings. The lowest BCUT2D eigenvalue weighted by molar-refractivity contribution is 0.0697. The highest BCUT2D eigenvalue weighted by Crippen LogP contribution is 2.37. The van der Waals surface area contributed by atoms with E-state index in [1.54, 1.807) is 0 Å². The third kappa shape index (κ3) is 4.08. The van der Waals surface area contributed by atoms with Crippen LogP contribution in [-0.4, -0.2) is 11.1 Å². The molecule has 1 aromatic heterocycles. The highest BCUT2D eigenvalue weighted by molar-refractivity contribution is 9.10. The normalized spacial score (nSPS) is 11.4. The molecule has 0 bridgehead atoms. The van der Waals surface area contributed by atoms with Crippen LogP contribution in [0.15, 0.2) is 34.8 Å². The molecule has 0 aliphatic heterocycles. The number of aromatic carboxylic acids is 1. The number of carboxylic acids is 1. The van der Waals surface area contributed by atoms with Crippen LogP contribution in [0.1, 0.15) is 40.9 Å². The highest BCUT2D eigenvalue weighted by Gasteiger charge is 2.23. The summed E-state index contributed by atoms with van der Waals surface area (Å²) in [5.41, 5.74) is 0.899. The van der Waals surface area contributed by atoms with Crippen molar-refractivity contribution in [2.24, 2.45) is 0 Å². The van der Waals surface area contributed by atoms with E-state index in [-0.39, 0.29) is 10.3 Å². The summed E-state index contributed by atoms with van der Waals surface area (Å²) >= 11 is 4.69. The minimum Gasteiger partial charge on any atom is -0.487 e. The average molecular weight is 369 g/mol. The van der Waals surface area contributed by atoms with Crippen LogP contribution < -0.4 is 4.74 Å². The second kappa shape index (κ2) is 6.20. The Kier molecular flexibility index (Phi) is 4.74. The third-order valence-electron chi connectivity index (χ3n) is 2.91. The molecule has 1 N–H and O–H groups in total. The summed E-state index contributed by atoms with van der Waals surface area (Å²) in [5, 5.41) is 9.31. The van der Waals surface area contributed by atoms with E-state index in [4.69, 9.17) is 4.74 Å². The molecule has 0 spiro atoms. The van der Waals surface area contributed by atoms with Crippen molar-refractivity contribution in [2.45, 2.75) is 32.8 Å². The van der Waals surface area contributed by atoms with Crippen LogP contribution in [0.25, 0.3) is 0 Å². The minimum absolute atomic E-state index is 0.0910. The fourth-order valence-corrected chi connectivity index (χ4v) is 3.23. The van der Waals surface area contributed by atoms with Crippen molar-refractivity contribution in [3.05, 3.63) is 50.1 Å². The predicted octanol–water partition coefficient (Wildman–Crippen LogP) is 5.09. The second-order valence-electron chi connectivity index (χ2n) is 5.78. The molecule has 0 radical (unpaired) electrons. The van der Waals surface area contributed by atoms with Crippen molar-refractivity contribution in [3.8, 4) is 5.75 Å². The largest absolute Gasteiger partial charge is 0.487 e. The van der Waals surface area contributed by atoms with Gasteiger partial charge < -0.3 is 9.84 Å². The standard InChI is InChI=1S/C16H17BrO3S/c1-16(2,3)13-8-12(14(21-13)15(18)19)20-9-10-5-4-6-11(17)7-10/h4-8H,9H2,1-3H3,(H,18,19). The predicted molar refractivity (Wildman–Crippen MR) is 88.5 cm³/mol. The summed E-state index contributed by atoms with van der Waals surface area (Å²) < 4.78 is 6.70. The molecule has 3 nitrogen and oxygen atoms in total. The Labute approximate surface area is 136 Å². The first-order valence-corrected chi connectivity index (χ1v) is 8.13. The number of hydrogen-bond donors (Lipinski definition) is 1. The molecule has 2 rings (SSSR count). The van der Waals surface area contributed by atoms with Gasteiger partial charge in [-0.3, -0.25) is 0 Å². The maximum absolute atomic E-state index is 11.4. The summed E-state index contributed by atoms with van der Waals surface area (Å²) in [5.74, 6) is -0.503. The summed E-state index contributed by atoms with van der Waals surface area (Å²) in [6, 6.07) is 9.61. The van der Waals surface area contributed by atoms with Crippen molar-refractivity contribution in [1.29, 1.82) is 0 Å². The smallest absolute Gasteiger partial charge is 0.349 e. The van der Waals surface area contributed by atoms with Gasteiger partial charge in [0.05, 0.1) is 0 Å². The van der Waals surface area contributed by atoms with E-state index in [0.717, 1.165) is 14.9 Å². The first-order chi connectivity index (χ1) is 9.77. The lowest BCUT2D eigenvalue weighted by Gasteiger charge is -2.15. The first kappa shape index (κ1) is 16.0. The van der Waals surface area contributed by atoms with Gasteiger partial charge in [0.2, 0.25) is 0 Å². The molecule has 0 aliphatic carbocycles. The maximum atomic E-state index is 11.4. The number of hydrogen-bond acceptors (Lipinski definition) is 3. The number of carbonyl (C=O) groups is 1. The highest BCUT2D eigenvalue weighted by atomic mass is 79.9. The molecule has 1 heterocycles. The fourth-order valence-electron chi connectivity index (χ4n) is 1.79. The Morgan fingerprint density at radius 1 is 1.33 bits per heavy atom. The number of carboxylic acid groups (broad SMARTS) is 1. The maximum Gasteiger partial charge on any atom is 0.349 e. The van der Waals surface area contributed by atoms with Crippen molar-refractivity contribution in [2.75, 3.05) is 0 Å². The number of ether oxygens (including phenoxy) is 1. The van der Waals surface area contributed by atoms with Crippen LogP contribution in [0.2, 0.25) is 0 Å². The lowest BCUT2D eigenvalue weighted by atomic mass is 9.95. The number of rotatable bonds is 4. The quantitative estimate of drug-likeness (QED) is 0.817. The summed E-state index contributed by atoms with van der Waals surface area (Å²) in [7, 11) is 0. The van der Waals surface area contributed by atoms with E-state index in [2.05, 4.69) is 36.7 Å². The van der Waals surface area contributed by atoms with Gasteiger partial charge in [-0.25, -0.2) is 4.79 Å². The molecule has 112 valence electrons. The summed E-state index contributed by atoms with van der Waals surface area (Å²) in [6.45, 7) is 6.52. The Morgan fingerprint density at radius 3 is 2.62 bits per heavy atom. The fraction of sp³-hybridized carbons (Fsp3) is 0.312. The van der Waals surface area contributed by atoms with Crippen LogP contribution in [0.5, 0.6) is 5.75 Å². The van der Waals surface area contributed by atoms with Crippen LogP contribution in [0, 0.1) is 0 Å². The summed E-state index contributed by atoms with van der Waals surface area (Å²) in [4.78, 5) is 12.6. The molecule has 2 aromatic rings. The number of benzene rings is 1. The number of thiophene rings is 1. The van der Waals surface area contributed by atoms with Gasteiger partial charge >= 0.3 is 5.97 Å². The summed E-state index contributed by atoms with van der Waals surface area (Å²) in [6.07, 6.45) is 0. The Morgan fingerprint density at radius 2 is 2.05 bits per heavy atom. The molecular weight excluding hydrogens is 352 g/mol. The van der Waals surface area contributed by atoms with E-state index < -0.39 is 5.97 Å². The zero-order valence-corrected chi connectivity index (χ0v) is 14.5. The Bertz CT molecular complexity index is 656. The topological polar surface area (TPSA) is 46.5 Å². The monoisotopic (exact) mass is 368 g/mol. The molecule has 5 heteroatoms. The van der Waals surface area contributed by atoms with E-state index in [1.165, 1.54) is 11.3 Å². The molecule has 0 unspecified atom stereocenters. The molecule has 21 heavy (non-hydrogen) atoms. The van der Waals surface area contributed by atoms with Crippen molar-refractivity contribution >= 4 is 33.2 Å². The lowest BCUT2D eigenvalue weighted by Crippen LogP contribution is -2.08. The van der Waals surface area contributed by atoms with Crippen LogP contribution in [-0.2, 0) is 12.0 Å².